The summed E-state index contributed by atoms with van der Waals surface area (Å²) in [6, 6.07) is 14.6. The van der Waals surface area contributed by atoms with E-state index >= 15 is 0 Å². The molecule has 5 nitrogen and oxygen atoms in total. The van der Waals surface area contributed by atoms with Gasteiger partial charge in [0.1, 0.15) is 0 Å². The Kier molecular flexibility index (Phi) is 6.81. The third kappa shape index (κ3) is 5.70. The van der Waals surface area contributed by atoms with Gasteiger partial charge in [-0.3, -0.25) is 4.79 Å². The SMILES string of the molecule is CCc1ccccc1NC(=O)CCNC(=O)Nc1ccc(Br)cc1. The normalized spacial score (nSPS) is 10.1. The fourth-order valence-corrected chi connectivity index (χ4v) is 2.43. The molecule has 0 saturated carbocycles. The number of amides is 3. The van der Waals surface area contributed by atoms with Gasteiger partial charge in [0.2, 0.25) is 5.91 Å². The number of rotatable bonds is 6. The lowest BCUT2D eigenvalue weighted by molar-refractivity contribution is -0.116. The number of carbonyl (C=O) groups excluding carboxylic acids is 2. The minimum atomic E-state index is -0.334. The highest BCUT2D eigenvalue weighted by atomic mass is 79.9. The molecule has 0 unspecified atom stereocenters. The smallest absolute Gasteiger partial charge is 0.319 e. The van der Waals surface area contributed by atoms with Crippen molar-refractivity contribution in [2.45, 2.75) is 19.8 Å². The Morgan fingerprint density at radius 1 is 1.00 bits per heavy atom. The summed E-state index contributed by atoms with van der Waals surface area (Å²) in [6.07, 6.45) is 1.07. The van der Waals surface area contributed by atoms with E-state index in [1.807, 2.05) is 43.3 Å². The number of para-hydroxylation sites is 1. The molecule has 0 atom stereocenters. The highest BCUT2D eigenvalue weighted by Gasteiger charge is 2.07. The van der Waals surface area contributed by atoms with E-state index in [4.69, 9.17) is 0 Å². The predicted molar refractivity (Wildman–Crippen MR) is 100 cm³/mol. The van der Waals surface area contributed by atoms with Gasteiger partial charge in [0, 0.05) is 28.8 Å². The lowest BCUT2D eigenvalue weighted by Crippen LogP contribution is -2.31. The number of nitrogens with one attached hydrogen (secondary N) is 3. The van der Waals surface area contributed by atoms with Crippen LogP contribution in [0.4, 0.5) is 16.2 Å². The summed E-state index contributed by atoms with van der Waals surface area (Å²) in [5.41, 5.74) is 2.60. The molecule has 3 amide bonds. The van der Waals surface area contributed by atoms with Crippen LogP contribution >= 0.6 is 15.9 Å². The van der Waals surface area contributed by atoms with Crippen molar-refractivity contribution in [1.29, 1.82) is 0 Å². The van der Waals surface area contributed by atoms with Crippen LogP contribution in [0.3, 0.4) is 0 Å². The second-order valence-electron chi connectivity index (χ2n) is 5.20. The minimum absolute atomic E-state index is 0.125. The van der Waals surface area contributed by atoms with Crippen LogP contribution in [0.2, 0.25) is 0 Å². The first-order valence-corrected chi connectivity index (χ1v) is 8.56. The molecule has 0 saturated heterocycles. The van der Waals surface area contributed by atoms with Crippen molar-refractivity contribution in [3.63, 3.8) is 0 Å². The summed E-state index contributed by atoms with van der Waals surface area (Å²) in [7, 11) is 0. The molecular weight excluding hydrogens is 370 g/mol. The van der Waals surface area contributed by atoms with Gasteiger partial charge in [-0.25, -0.2) is 4.79 Å². The van der Waals surface area contributed by atoms with Crippen molar-refractivity contribution in [1.82, 2.24) is 5.32 Å². The van der Waals surface area contributed by atoms with Crippen molar-refractivity contribution >= 4 is 39.2 Å². The topological polar surface area (TPSA) is 70.2 Å². The maximum atomic E-state index is 12.0. The molecule has 0 spiro atoms. The Morgan fingerprint density at radius 2 is 1.71 bits per heavy atom. The summed E-state index contributed by atoms with van der Waals surface area (Å²) < 4.78 is 0.942. The number of halogens is 1. The van der Waals surface area contributed by atoms with Crippen LogP contribution in [0.1, 0.15) is 18.9 Å². The van der Waals surface area contributed by atoms with Crippen molar-refractivity contribution < 1.29 is 9.59 Å². The lowest BCUT2D eigenvalue weighted by Gasteiger charge is -2.10. The molecule has 0 aliphatic rings. The van der Waals surface area contributed by atoms with Crippen LogP contribution in [0.5, 0.6) is 0 Å². The molecule has 0 aliphatic heterocycles. The van der Waals surface area contributed by atoms with Gasteiger partial charge in [0.25, 0.3) is 0 Å². The number of aryl methyl sites for hydroxylation is 1. The highest BCUT2D eigenvalue weighted by Crippen LogP contribution is 2.15. The van der Waals surface area contributed by atoms with E-state index < -0.39 is 0 Å². The Bertz CT molecular complexity index is 702. The van der Waals surface area contributed by atoms with E-state index in [-0.39, 0.29) is 24.9 Å². The molecule has 24 heavy (non-hydrogen) atoms. The molecule has 0 heterocycles. The summed E-state index contributed by atoms with van der Waals surface area (Å²) in [4.78, 5) is 23.7. The fourth-order valence-electron chi connectivity index (χ4n) is 2.16. The van der Waals surface area contributed by atoms with Gasteiger partial charge in [-0.2, -0.15) is 0 Å². The van der Waals surface area contributed by atoms with Gasteiger partial charge in [-0.1, -0.05) is 41.1 Å². The molecule has 6 heteroatoms. The molecule has 3 N–H and O–H groups in total. The standard InChI is InChI=1S/C18H20BrN3O2/c1-2-13-5-3-4-6-16(13)22-17(23)11-12-20-18(24)21-15-9-7-14(19)8-10-15/h3-10H,2,11-12H2,1H3,(H,22,23)(H2,20,21,24). The average molecular weight is 390 g/mol. The first-order valence-electron chi connectivity index (χ1n) is 7.76. The van der Waals surface area contributed by atoms with Crippen LogP contribution in [-0.4, -0.2) is 18.5 Å². The average Bonchev–Trinajstić information content (AvgIpc) is 2.57. The largest absolute Gasteiger partial charge is 0.337 e. The summed E-state index contributed by atoms with van der Waals surface area (Å²) >= 11 is 3.33. The maximum absolute atomic E-state index is 12.0. The lowest BCUT2D eigenvalue weighted by atomic mass is 10.1. The number of carbonyl (C=O) groups is 2. The molecule has 0 bridgehead atoms. The van der Waals surface area contributed by atoms with Crippen molar-refractivity contribution in [3.8, 4) is 0 Å². The van der Waals surface area contributed by atoms with Crippen LogP contribution in [-0.2, 0) is 11.2 Å². The summed E-state index contributed by atoms with van der Waals surface area (Å²) in [5, 5.41) is 8.25. The summed E-state index contributed by atoms with van der Waals surface area (Å²) in [5.74, 6) is -0.125. The van der Waals surface area contributed by atoms with E-state index in [2.05, 4.69) is 31.9 Å². The van der Waals surface area contributed by atoms with E-state index in [0.29, 0.717) is 5.69 Å². The number of anilines is 2. The van der Waals surface area contributed by atoms with Crippen molar-refractivity contribution in [2.24, 2.45) is 0 Å². The molecular formula is C18H20BrN3O2. The molecule has 0 aromatic heterocycles. The number of urea groups is 1. The van der Waals surface area contributed by atoms with Crippen LogP contribution < -0.4 is 16.0 Å². The highest BCUT2D eigenvalue weighted by molar-refractivity contribution is 9.10. The molecule has 2 aromatic carbocycles. The molecule has 2 rings (SSSR count). The predicted octanol–water partition coefficient (Wildman–Crippen LogP) is 4.16. The van der Waals surface area contributed by atoms with Gasteiger partial charge >= 0.3 is 6.03 Å². The van der Waals surface area contributed by atoms with E-state index in [1.54, 1.807) is 12.1 Å². The molecule has 0 fully saturated rings. The van der Waals surface area contributed by atoms with Crippen molar-refractivity contribution in [2.75, 3.05) is 17.2 Å². The Morgan fingerprint density at radius 3 is 2.42 bits per heavy atom. The Hall–Kier alpha value is -2.34. The number of hydrogen-bond acceptors (Lipinski definition) is 2. The van der Waals surface area contributed by atoms with Gasteiger partial charge < -0.3 is 16.0 Å². The van der Waals surface area contributed by atoms with E-state index in [0.717, 1.165) is 22.1 Å². The third-order valence-corrected chi connectivity index (χ3v) is 3.94. The Balaban J connectivity index is 1.74. The third-order valence-electron chi connectivity index (χ3n) is 3.41. The quantitative estimate of drug-likeness (QED) is 0.693. The van der Waals surface area contributed by atoms with Crippen molar-refractivity contribution in [3.05, 3.63) is 58.6 Å². The zero-order valence-electron chi connectivity index (χ0n) is 13.4. The molecule has 2 aromatic rings. The molecule has 0 aliphatic carbocycles. The monoisotopic (exact) mass is 389 g/mol. The molecule has 126 valence electrons. The van der Waals surface area contributed by atoms with Gasteiger partial charge in [-0.05, 0) is 42.3 Å². The summed E-state index contributed by atoms with van der Waals surface area (Å²) in [6.45, 7) is 2.31. The van der Waals surface area contributed by atoms with E-state index in [9.17, 15) is 9.59 Å². The van der Waals surface area contributed by atoms with Gasteiger partial charge in [-0.15, -0.1) is 0 Å². The van der Waals surface area contributed by atoms with Gasteiger partial charge in [0.15, 0.2) is 0 Å². The Labute approximate surface area is 150 Å². The number of benzene rings is 2. The molecule has 0 radical (unpaired) electrons. The van der Waals surface area contributed by atoms with E-state index in [1.165, 1.54) is 0 Å². The fraction of sp³-hybridized carbons (Fsp3) is 0.222. The maximum Gasteiger partial charge on any atom is 0.319 e. The first kappa shape index (κ1) is 18.0. The number of hydrogen-bond donors (Lipinski definition) is 3. The van der Waals surface area contributed by atoms with Crippen LogP contribution in [0.15, 0.2) is 53.0 Å². The second kappa shape index (κ2) is 9.08. The van der Waals surface area contributed by atoms with Crippen LogP contribution in [0.25, 0.3) is 0 Å². The zero-order chi connectivity index (χ0) is 17.4. The zero-order valence-corrected chi connectivity index (χ0v) is 15.0. The first-order chi connectivity index (χ1) is 11.6. The van der Waals surface area contributed by atoms with Crippen LogP contribution in [0, 0.1) is 0 Å². The minimum Gasteiger partial charge on any atom is -0.337 e. The van der Waals surface area contributed by atoms with Gasteiger partial charge in [0.05, 0.1) is 0 Å². The second-order valence-corrected chi connectivity index (χ2v) is 6.11.